The number of aliphatic carboxylic acids is 1. The minimum Gasteiger partial charge on any atom is -0.481 e. The predicted octanol–water partition coefficient (Wildman–Crippen LogP) is 3.30. The van der Waals surface area contributed by atoms with E-state index in [4.69, 9.17) is 9.47 Å². The van der Waals surface area contributed by atoms with E-state index in [1.165, 1.54) is 0 Å². The van der Waals surface area contributed by atoms with Gasteiger partial charge in [-0.1, -0.05) is 55.5 Å². The van der Waals surface area contributed by atoms with E-state index in [-0.39, 0.29) is 19.1 Å². The average molecular weight is 455 g/mol. The SMILES string of the molecule is CCC(C)(CNC(=O)C(CC(=O)O)NC(=O)OCC1c2ccccc2-c2ccccc21)OC. The van der Waals surface area contributed by atoms with Crippen LogP contribution in [-0.4, -0.2) is 55.0 Å². The number of carbonyl (C=O) groups is 3. The second-order valence-electron chi connectivity index (χ2n) is 8.35. The molecule has 2 amide bonds. The zero-order valence-corrected chi connectivity index (χ0v) is 19.1. The maximum atomic E-state index is 12.6. The van der Waals surface area contributed by atoms with Gasteiger partial charge in [0.15, 0.2) is 0 Å². The fraction of sp³-hybridized carbons (Fsp3) is 0.400. The van der Waals surface area contributed by atoms with Crippen molar-refractivity contribution in [2.45, 2.75) is 44.2 Å². The molecule has 2 atom stereocenters. The van der Waals surface area contributed by atoms with Crippen LogP contribution >= 0.6 is 0 Å². The largest absolute Gasteiger partial charge is 0.481 e. The Hall–Kier alpha value is -3.39. The molecule has 8 heteroatoms. The number of benzene rings is 2. The molecule has 0 saturated heterocycles. The Morgan fingerprint density at radius 3 is 2.15 bits per heavy atom. The smallest absolute Gasteiger partial charge is 0.407 e. The number of hydrogen-bond donors (Lipinski definition) is 3. The van der Waals surface area contributed by atoms with Crippen molar-refractivity contribution < 1.29 is 29.0 Å². The third-order valence-electron chi connectivity index (χ3n) is 6.21. The molecule has 176 valence electrons. The zero-order chi connectivity index (χ0) is 24.0. The number of alkyl carbamates (subject to hydrolysis) is 1. The van der Waals surface area contributed by atoms with Gasteiger partial charge < -0.3 is 25.2 Å². The lowest BCUT2D eigenvalue weighted by atomic mass is 9.98. The van der Waals surface area contributed by atoms with Crippen LogP contribution in [0.15, 0.2) is 48.5 Å². The van der Waals surface area contributed by atoms with Gasteiger partial charge in [-0.2, -0.15) is 0 Å². The normalized spacial score (nSPS) is 15.0. The molecule has 3 rings (SSSR count). The molecule has 0 spiro atoms. The molecular formula is C25H30N2O6. The van der Waals surface area contributed by atoms with Crippen molar-refractivity contribution in [1.29, 1.82) is 0 Å². The number of carboxylic acids is 1. The first kappa shape index (κ1) is 24.3. The van der Waals surface area contributed by atoms with Gasteiger partial charge in [-0.3, -0.25) is 9.59 Å². The Kier molecular flexibility index (Phi) is 7.71. The van der Waals surface area contributed by atoms with Gasteiger partial charge in [0.2, 0.25) is 5.91 Å². The molecule has 1 aliphatic carbocycles. The van der Waals surface area contributed by atoms with Gasteiger partial charge in [0, 0.05) is 19.6 Å². The second-order valence-corrected chi connectivity index (χ2v) is 8.35. The van der Waals surface area contributed by atoms with E-state index in [2.05, 4.69) is 10.6 Å². The van der Waals surface area contributed by atoms with Crippen LogP contribution < -0.4 is 10.6 Å². The van der Waals surface area contributed by atoms with Crippen molar-refractivity contribution in [3.8, 4) is 11.1 Å². The van der Waals surface area contributed by atoms with Crippen LogP contribution in [0.2, 0.25) is 0 Å². The van der Waals surface area contributed by atoms with E-state index in [0.29, 0.717) is 6.42 Å². The van der Waals surface area contributed by atoms with Crippen molar-refractivity contribution in [3.63, 3.8) is 0 Å². The van der Waals surface area contributed by atoms with E-state index in [9.17, 15) is 19.5 Å². The van der Waals surface area contributed by atoms with Crippen LogP contribution in [0.25, 0.3) is 11.1 Å². The molecule has 0 radical (unpaired) electrons. The van der Waals surface area contributed by atoms with E-state index >= 15 is 0 Å². The van der Waals surface area contributed by atoms with Gasteiger partial charge >= 0.3 is 12.1 Å². The average Bonchev–Trinajstić information content (AvgIpc) is 3.14. The Morgan fingerprint density at radius 2 is 1.64 bits per heavy atom. The first-order valence-corrected chi connectivity index (χ1v) is 10.9. The van der Waals surface area contributed by atoms with Crippen LogP contribution in [0.1, 0.15) is 43.7 Å². The first-order chi connectivity index (χ1) is 15.8. The Labute approximate surface area is 193 Å². The molecule has 2 aromatic carbocycles. The number of nitrogens with one attached hydrogen (secondary N) is 2. The molecule has 0 saturated carbocycles. The van der Waals surface area contributed by atoms with Gasteiger partial charge in [0.25, 0.3) is 0 Å². The molecule has 3 N–H and O–H groups in total. The summed E-state index contributed by atoms with van der Waals surface area (Å²) < 4.78 is 10.8. The quantitative estimate of drug-likeness (QED) is 0.508. The summed E-state index contributed by atoms with van der Waals surface area (Å²) in [7, 11) is 1.54. The van der Waals surface area contributed by atoms with Crippen LogP contribution in [0.3, 0.4) is 0 Å². The monoisotopic (exact) mass is 454 g/mol. The molecule has 1 aliphatic rings. The summed E-state index contributed by atoms with van der Waals surface area (Å²) in [5, 5.41) is 14.2. The molecule has 0 aliphatic heterocycles. The van der Waals surface area contributed by atoms with Gasteiger partial charge in [0.05, 0.1) is 12.0 Å². The minimum absolute atomic E-state index is 0.0683. The molecule has 0 bridgehead atoms. The number of amides is 2. The molecule has 2 aromatic rings. The lowest BCUT2D eigenvalue weighted by Crippen LogP contribution is -2.51. The van der Waals surface area contributed by atoms with Crippen LogP contribution in [-0.2, 0) is 19.1 Å². The first-order valence-electron chi connectivity index (χ1n) is 10.9. The van der Waals surface area contributed by atoms with Gasteiger partial charge in [0.1, 0.15) is 12.6 Å². The molecule has 2 unspecified atom stereocenters. The highest BCUT2D eigenvalue weighted by atomic mass is 16.5. The van der Waals surface area contributed by atoms with E-state index in [1.807, 2.05) is 62.4 Å². The number of rotatable bonds is 10. The summed E-state index contributed by atoms with van der Waals surface area (Å²) in [5.41, 5.74) is 3.73. The topological polar surface area (TPSA) is 114 Å². The Morgan fingerprint density at radius 1 is 1.06 bits per heavy atom. The summed E-state index contributed by atoms with van der Waals surface area (Å²) in [6.45, 7) is 4.00. The number of carboxylic acid groups (broad SMARTS) is 1. The number of ether oxygens (including phenoxy) is 2. The summed E-state index contributed by atoms with van der Waals surface area (Å²) in [4.78, 5) is 36.3. The van der Waals surface area contributed by atoms with Crippen molar-refractivity contribution in [2.75, 3.05) is 20.3 Å². The highest BCUT2D eigenvalue weighted by Crippen LogP contribution is 2.44. The molecule has 0 fully saturated rings. The Bertz CT molecular complexity index is 972. The highest BCUT2D eigenvalue weighted by molar-refractivity contribution is 5.89. The third kappa shape index (κ3) is 5.70. The highest BCUT2D eigenvalue weighted by Gasteiger charge is 2.31. The van der Waals surface area contributed by atoms with Gasteiger partial charge in [-0.25, -0.2) is 4.79 Å². The molecule has 0 heterocycles. The molecule has 0 aromatic heterocycles. The maximum Gasteiger partial charge on any atom is 0.407 e. The van der Waals surface area contributed by atoms with Crippen molar-refractivity contribution >= 4 is 18.0 Å². The fourth-order valence-corrected chi connectivity index (χ4v) is 3.91. The third-order valence-corrected chi connectivity index (χ3v) is 6.21. The second kappa shape index (κ2) is 10.5. The van der Waals surface area contributed by atoms with Crippen LogP contribution in [0.5, 0.6) is 0 Å². The summed E-state index contributed by atoms with van der Waals surface area (Å²) in [6, 6.07) is 14.6. The number of carbonyl (C=O) groups excluding carboxylic acids is 2. The Balaban J connectivity index is 1.64. The molecular weight excluding hydrogens is 424 g/mol. The molecule has 33 heavy (non-hydrogen) atoms. The minimum atomic E-state index is -1.27. The number of methoxy groups -OCH3 is 1. The van der Waals surface area contributed by atoms with E-state index in [0.717, 1.165) is 22.3 Å². The van der Waals surface area contributed by atoms with Crippen molar-refractivity contribution in [2.24, 2.45) is 0 Å². The predicted molar refractivity (Wildman–Crippen MR) is 123 cm³/mol. The van der Waals surface area contributed by atoms with Crippen molar-refractivity contribution in [3.05, 3.63) is 59.7 Å². The maximum absolute atomic E-state index is 12.6. The number of fused-ring (bicyclic) bond motifs is 3. The van der Waals surface area contributed by atoms with Gasteiger partial charge in [-0.05, 0) is 35.6 Å². The fourth-order valence-electron chi connectivity index (χ4n) is 3.91. The lowest BCUT2D eigenvalue weighted by Gasteiger charge is -2.28. The molecule has 8 nitrogen and oxygen atoms in total. The zero-order valence-electron chi connectivity index (χ0n) is 19.1. The lowest BCUT2D eigenvalue weighted by molar-refractivity contribution is -0.140. The summed E-state index contributed by atoms with van der Waals surface area (Å²) in [5.74, 6) is -1.96. The summed E-state index contributed by atoms with van der Waals surface area (Å²) >= 11 is 0. The summed E-state index contributed by atoms with van der Waals surface area (Å²) in [6.07, 6.45) is -0.762. The van der Waals surface area contributed by atoms with Crippen LogP contribution in [0.4, 0.5) is 4.79 Å². The van der Waals surface area contributed by atoms with E-state index < -0.39 is 36.0 Å². The van der Waals surface area contributed by atoms with Crippen molar-refractivity contribution in [1.82, 2.24) is 10.6 Å². The number of hydrogen-bond acceptors (Lipinski definition) is 5. The van der Waals surface area contributed by atoms with E-state index in [1.54, 1.807) is 7.11 Å². The van der Waals surface area contributed by atoms with Crippen LogP contribution in [0, 0.1) is 0 Å². The van der Waals surface area contributed by atoms with Gasteiger partial charge in [-0.15, -0.1) is 0 Å². The standard InChI is InChI=1S/C25H30N2O6/c1-4-25(2,32-3)15-26-23(30)21(13-22(28)29)27-24(31)33-14-20-18-11-7-5-9-16(18)17-10-6-8-12-19(17)20/h5-12,20-21H,4,13-15H2,1-3H3,(H,26,30)(H,27,31)(H,28,29).